The summed E-state index contributed by atoms with van der Waals surface area (Å²) in [4.78, 5) is 10.4. The van der Waals surface area contributed by atoms with Crippen LogP contribution in [0.1, 0.15) is 105 Å². The molecule has 5 heterocycles. The number of fused-ring (bicyclic) bond motifs is 10. The molecule has 6 heteroatoms. The molecule has 82 heavy (non-hydrogen) atoms. The van der Waals surface area contributed by atoms with Gasteiger partial charge in [0.1, 0.15) is 0 Å². The Morgan fingerprint density at radius 1 is 0.293 bits per heavy atom. The van der Waals surface area contributed by atoms with E-state index in [0.29, 0.717) is 5.78 Å². The lowest BCUT2D eigenvalue weighted by atomic mass is 9.85. The summed E-state index contributed by atoms with van der Waals surface area (Å²) in [6, 6.07) is 74.6. The van der Waals surface area contributed by atoms with Gasteiger partial charge in [0.25, 0.3) is 0 Å². The van der Waals surface area contributed by atoms with E-state index >= 15 is 0 Å². The predicted octanol–water partition coefficient (Wildman–Crippen LogP) is 20.2. The highest BCUT2D eigenvalue weighted by Gasteiger charge is 2.26. The van der Waals surface area contributed by atoms with Crippen LogP contribution in [0.25, 0.3) is 122 Å². The lowest BCUT2D eigenvalue weighted by molar-refractivity contribution is 0.590. The number of hydrogen-bond donors (Lipinski definition) is 0. The summed E-state index contributed by atoms with van der Waals surface area (Å²) in [7, 11) is 0. The number of nitrogens with zero attached hydrogens (tertiary/aromatic N) is 6. The number of benzene rings is 9. The molecule has 404 valence electrons. The second-order valence-electron chi connectivity index (χ2n) is 26.9. The van der Waals surface area contributed by atoms with Crippen LogP contribution < -0.4 is 0 Å². The van der Waals surface area contributed by atoms with E-state index in [2.05, 4.69) is 302 Å². The summed E-state index contributed by atoms with van der Waals surface area (Å²) >= 11 is 0. The predicted molar refractivity (Wildman–Crippen MR) is 347 cm³/mol. The van der Waals surface area contributed by atoms with Gasteiger partial charge in [-0.05, 0) is 147 Å². The summed E-state index contributed by atoms with van der Waals surface area (Å²) in [5.41, 5.74) is 21.8. The summed E-state index contributed by atoms with van der Waals surface area (Å²) in [6.07, 6.45) is 2.11. The van der Waals surface area contributed by atoms with Crippen molar-refractivity contribution >= 4 is 71.2 Å². The highest BCUT2D eigenvalue weighted by atomic mass is 15.1. The Bertz CT molecular complexity index is 4510. The zero-order chi connectivity index (χ0) is 56.8. The first kappa shape index (κ1) is 51.2. The third-order valence-corrected chi connectivity index (χ3v) is 17.3. The smallest absolute Gasteiger partial charge is 0.235 e. The van der Waals surface area contributed by atoms with Gasteiger partial charge in [-0.15, -0.1) is 0 Å². The fraction of sp³-hybridized carbons (Fsp3) is 0.211. The molecule has 6 nitrogen and oxygen atoms in total. The maximum absolute atomic E-state index is 5.23. The first-order valence-electron chi connectivity index (χ1n) is 29.1. The molecule has 0 radical (unpaired) electrons. The number of aromatic nitrogens is 6. The molecule has 9 aromatic carbocycles. The molecule has 0 unspecified atom stereocenters. The quantitative estimate of drug-likeness (QED) is 0.167. The summed E-state index contributed by atoms with van der Waals surface area (Å²) in [6.45, 7) is 27.7. The minimum Gasteiger partial charge on any atom is -0.309 e. The molecule has 0 aliphatic rings. The third-order valence-electron chi connectivity index (χ3n) is 17.3. The van der Waals surface area contributed by atoms with Crippen LogP contribution in [0, 0.1) is 0 Å². The van der Waals surface area contributed by atoms with E-state index in [9.17, 15) is 0 Å². The Hall–Kier alpha value is -9.00. The molecule has 0 aliphatic heterocycles. The topological polar surface area (TPSA) is 45.0 Å². The van der Waals surface area contributed by atoms with Crippen molar-refractivity contribution < 1.29 is 0 Å². The lowest BCUT2D eigenvalue weighted by Gasteiger charge is -2.19. The summed E-state index contributed by atoms with van der Waals surface area (Å²) < 4.78 is 9.55. The van der Waals surface area contributed by atoms with Crippen molar-refractivity contribution in [2.45, 2.75) is 105 Å². The van der Waals surface area contributed by atoms with Gasteiger partial charge in [-0.2, -0.15) is 0 Å². The molecular formula is C76H70N6. The second-order valence-corrected chi connectivity index (χ2v) is 26.9. The molecule has 14 aromatic rings. The van der Waals surface area contributed by atoms with Gasteiger partial charge in [-0.1, -0.05) is 180 Å². The van der Waals surface area contributed by atoms with Crippen LogP contribution in [0.5, 0.6) is 0 Å². The SMILES string of the molecule is CC(C)(C)c1ccc2c(c1)c1cc(C(C)(C)C)ccc1n2-c1ccc2c(c1)c1cc(-n3c4ccc(C(C)(C)C)cc4c4cc(C(C)(C)C)ccc43)ccc1n2-c1ccc(-c2ccn3c(-c4ccccc4)c(-c4ccccc4)nc3n2)cc1. The van der Waals surface area contributed by atoms with Crippen molar-refractivity contribution in [2.24, 2.45) is 0 Å². The molecular weight excluding hydrogens is 997 g/mol. The van der Waals surface area contributed by atoms with Gasteiger partial charge >= 0.3 is 0 Å². The Labute approximate surface area is 481 Å². The lowest BCUT2D eigenvalue weighted by Crippen LogP contribution is -2.10. The van der Waals surface area contributed by atoms with Crippen LogP contribution in [-0.4, -0.2) is 28.1 Å². The number of rotatable bonds is 6. The minimum absolute atomic E-state index is 0.00416. The molecule has 0 aliphatic carbocycles. The molecule has 0 saturated heterocycles. The van der Waals surface area contributed by atoms with E-state index < -0.39 is 0 Å². The van der Waals surface area contributed by atoms with Gasteiger partial charge in [0, 0.05) is 72.3 Å². The van der Waals surface area contributed by atoms with Gasteiger partial charge in [-0.25, -0.2) is 9.97 Å². The van der Waals surface area contributed by atoms with Crippen LogP contribution in [0.3, 0.4) is 0 Å². The third kappa shape index (κ3) is 8.36. The molecule has 0 atom stereocenters. The largest absolute Gasteiger partial charge is 0.309 e. The highest BCUT2D eigenvalue weighted by molar-refractivity contribution is 6.14. The first-order valence-corrected chi connectivity index (χ1v) is 29.1. The molecule has 14 rings (SSSR count). The van der Waals surface area contributed by atoms with E-state index in [4.69, 9.17) is 9.97 Å². The van der Waals surface area contributed by atoms with Crippen LogP contribution in [0.15, 0.2) is 206 Å². The van der Waals surface area contributed by atoms with Gasteiger partial charge in [0.05, 0.1) is 50.2 Å². The first-order chi connectivity index (χ1) is 39.2. The molecule has 5 aromatic heterocycles. The van der Waals surface area contributed by atoms with E-state index in [1.165, 1.54) is 76.6 Å². The Balaban J connectivity index is 0.971. The average Bonchev–Trinajstić information content (AvgIpc) is 3.09. The molecule has 0 saturated carbocycles. The van der Waals surface area contributed by atoms with Crippen molar-refractivity contribution in [3.05, 3.63) is 229 Å². The molecule has 0 bridgehead atoms. The van der Waals surface area contributed by atoms with Gasteiger partial charge in [0.15, 0.2) is 0 Å². The minimum atomic E-state index is 0.00416. The Kier molecular flexibility index (Phi) is 11.4. The van der Waals surface area contributed by atoms with Crippen LogP contribution >= 0.6 is 0 Å². The number of hydrogen-bond acceptors (Lipinski definition) is 2. The van der Waals surface area contributed by atoms with E-state index in [-0.39, 0.29) is 21.7 Å². The zero-order valence-corrected chi connectivity index (χ0v) is 49.3. The second kappa shape index (κ2) is 18.3. The van der Waals surface area contributed by atoms with E-state index in [0.717, 1.165) is 61.9 Å². The van der Waals surface area contributed by atoms with Crippen molar-refractivity contribution in [2.75, 3.05) is 0 Å². The van der Waals surface area contributed by atoms with Gasteiger partial charge in [0.2, 0.25) is 5.78 Å². The van der Waals surface area contributed by atoms with E-state index in [1.54, 1.807) is 0 Å². The zero-order valence-electron chi connectivity index (χ0n) is 49.3. The van der Waals surface area contributed by atoms with Gasteiger partial charge in [-0.3, -0.25) is 4.40 Å². The molecule has 0 fully saturated rings. The van der Waals surface area contributed by atoms with E-state index in [1.807, 2.05) is 6.07 Å². The van der Waals surface area contributed by atoms with Gasteiger partial charge < -0.3 is 13.7 Å². The van der Waals surface area contributed by atoms with Crippen molar-refractivity contribution in [3.8, 4) is 50.8 Å². The maximum Gasteiger partial charge on any atom is 0.235 e. The summed E-state index contributed by atoms with van der Waals surface area (Å²) in [5, 5.41) is 7.50. The van der Waals surface area contributed by atoms with Crippen molar-refractivity contribution in [1.82, 2.24) is 28.1 Å². The van der Waals surface area contributed by atoms with Crippen molar-refractivity contribution in [1.29, 1.82) is 0 Å². The average molecular weight is 1070 g/mol. The van der Waals surface area contributed by atoms with Crippen LogP contribution in [0.2, 0.25) is 0 Å². The molecule has 0 N–H and O–H groups in total. The molecule has 0 spiro atoms. The fourth-order valence-electron chi connectivity index (χ4n) is 12.6. The van der Waals surface area contributed by atoms with Crippen molar-refractivity contribution in [3.63, 3.8) is 0 Å². The van der Waals surface area contributed by atoms with Crippen LogP contribution in [-0.2, 0) is 21.7 Å². The van der Waals surface area contributed by atoms with Crippen LogP contribution in [0.4, 0.5) is 0 Å². The maximum atomic E-state index is 5.23. The monoisotopic (exact) mass is 1070 g/mol. The fourth-order valence-corrected chi connectivity index (χ4v) is 12.6. The molecule has 0 amide bonds. The summed E-state index contributed by atoms with van der Waals surface area (Å²) in [5.74, 6) is 0.661. The highest BCUT2D eigenvalue weighted by Crippen LogP contribution is 2.43. The standard InChI is InChI=1S/C76H70N6/c1-73(2,3)50-25-33-64-57(41-50)58-42-51(74(4,5)6)26-34-65(58)81(64)55-31-37-68-61(45-55)62-46-56(82-66-35-27-52(75(7,8)9)43-59(66)60-44-53(76(10,11)12)28-36-67(60)82)32-38-69(62)80(68)54-29-23-47(24-30-54)63-39-40-79-71(49-21-17-14-18-22-49)70(78-72(79)77-63)48-19-15-13-16-20-48/h13-46H,1-12H3. The number of imidazole rings is 1. The Morgan fingerprint density at radius 2 is 0.634 bits per heavy atom. The normalized spacial score (nSPS) is 12.9. The Morgan fingerprint density at radius 3 is 1.02 bits per heavy atom.